The fourth-order valence-corrected chi connectivity index (χ4v) is 3.70. The van der Waals surface area contributed by atoms with Gasteiger partial charge in [-0.15, -0.1) is 0 Å². The number of benzene rings is 2. The molecule has 2 heterocycles. The summed E-state index contributed by atoms with van der Waals surface area (Å²) in [5.41, 5.74) is 2.51. The van der Waals surface area contributed by atoms with Gasteiger partial charge in [0.2, 0.25) is 0 Å². The van der Waals surface area contributed by atoms with Gasteiger partial charge in [-0.05, 0) is 36.8 Å². The molecule has 10 heteroatoms. The Morgan fingerprint density at radius 3 is 2.49 bits per heavy atom. The predicted octanol–water partition coefficient (Wildman–Crippen LogP) is 4.90. The molecule has 35 heavy (non-hydrogen) atoms. The number of pyridine rings is 1. The molecule has 2 aromatic heterocycles. The van der Waals surface area contributed by atoms with Crippen molar-refractivity contribution in [2.24, 2.45) is 0 Å². The SMILES string of the molecule is COc1cc(OC)c(NC(=O)Nc2ccccc2OCc2cc(=O)n3cccc(C)c3n2)cc1Cl. The van der Waals surface area contributed by atoms with Crippen LogP contribution < -0.4 is 30.4 Å². The molecule has 0 fully saturated rings. The fraction of sp³-hybridized carbons (Fsp3) is 0.160. The molecule has 2 amide bonds. The van der Waals surface area contributed by atoms with E-state index in [1.165, 1.54) is 30.8 Å². The van der Waals surface area contributed by atoms with Gasteiger partial charge in [0.15, 0.2) is 0 Å². The second-order valence-corrected chi connectivity index (χ2v) is 7.93. The molecular weight excluding hydrogens is 472 g/mol. The molecule has 180 valence electrons. The van der Waals surface area contributed by atoms with Crippen molar-refractivity contribution in [2.45, 2.75) is 13.5 Å². The highest BCUT2D eigenvalue weighted by Gasteiger charge is 2.14. The van der Waals surface area contributed by atoms with E-state index in [9.17, 15) is 9.59 Å². The third-order valence-electron chi connectivity index (χ3n) is 5.17. The van der Waals surface area contributed by atoms with Gasteiger partial charge in [0.25, 0.3) is 5.56 Å². The summed E-state index contributed by atoms with van der Waals surface area (Å²) in [6.07, 6.45) is 1.67. The zero-order valence-electron chi connectivity index (χ0n) is 19.3. The summed E-state index contributed by atoms with van der Waals surface area (Å²) in [5.74, 6) is 1.22. The summed E-state index contributed by atoms with van der Waals surface area (Å²) >= 11 is 6.18. The van der Waals surface area contributed by atoms with Crippen molar-refractivity contribution in [1.29, 1.82) is 0 Å². The smallest absolute Gasteiger partial charge is 0.323 e. The highest BCUT2D eigenvalue weighted by molar-refractivity contribution is 6.32. The number of rotatable bonds is 7. The third-order valence-corrected chi connectivity index (χ3v) is 5.47. The van der Waals surface area contributed by atoms with Crippen LogP contribution in [-0.2, 0) is 6.61 Å². The number of ether oxygens (including phenoxy) is 3. The zero-order chi connectivity index (χ0) is 24.9. The summed E-state index contributed by atoms with van der Waals surface area (Å²) in [7, 11) is 2.96. The fourth-order valence-electron chi connectivity index (χ4n) is 3.46. The Hall–Kier alpha value is -4.24. The van der Waals surface area contributed by atoms with E-state index in [2.05, 4.69) is 15.6 Å². The van der Waals surface area contributed by atoms with Gasteiger partial charge in [-0.1, -0.05) is 29.8 Å². The van der Waals surface area contributed by atoms with Gasteiger partial charge in [-0.3, -0.25) is 9.20 Å². The maximum atomic E-state index is 12.7. The topological polar surface area (TPSA) is 103 Å². The van der Waals surface area contributed by atoms with E-state index in [4.69, 9.17) is 25.8 Å². The summed E-state index contributed by atoms with van der Waals surface area (Å²) in [6.45, 7) is 1.93. The van der Waals surface area contributed by atoms with E-state index in [1.54, 1.807) is 42.6 Å². The number of halogens is 1. The van der Waals surface area contributed by atoms with Crippen LogP contribution in [0.5, 0.6) is 17.2 Å². The summed E-state index contributed by atoms with van der Waals surface area (Å²) < 4.78 is 17.9. The first-order valence-corrected chi connectivity index (χ1v) is 11.0. The summed E-state index contributed by atoms with van der Waals surface area (Å²) in [4.78, 5) is 29.7. The van der Waals surface area contributed by atoms with E-state index in [0.29, 0.717) is 45.0 Å². The standard InChI is InChI=1S/C25H23ClN4O5/c1-15-7-6-10-30-23(31)11-16(27-24(15)30)14-35-20-9-5-4-8-18(20)28-25(32)29-19-12-17(26)21(33-2)13-22(19)34-3/h4-13H,14H2,1-3H3,(H2,28,29,32). The highest BCUT2D eigenvalue weighted by Crippen LogP contribution is 2.36. The first-order chi connectivity index (χ1) is 16.9. The minimum absolute atomic E-state index is 0.0439. The van der Waals surface area contributed by atoms with Gasteiger partial charge in [0.1, 0.15) is 29.5 Å². The first kappa shape index (κ1) is 23.9. The lowest BCUT2D eigenvalue weighted by Gasteiger charge is -2.15. The summed E-state index contributed by atoms with van der Waals surface area (Å²) in [5, 5.41) is 5.78. The van der Waals surface area contributed by atoms with Gasteiger partial charge in [0.05, 0.1) is 36.3 Å². The van der Waals surface area contributed by atoms with E-state index < -0.39 is 6.03 Å². The van der Waals surface area contributed by atoms with E-state index in [0.717, 1.165) is 5.56 Å². The van der Waals surface area contributed by atoms with Crippen LogP contribution in [0.3, 0.4) is 0 Å². The molecule has 2 N–H and O–H groups in total. The minimum atomic E-state index is -0.529. The number of para-hydroxylation sites is 2. The van der Waals surface area contributed by atoms with Crippen molar-refractivity contribution in [2.75, 3.05) is 24.9 Å². The van der Waals surface area contributed by atoms with Crippen LogP contribution in [0.15, 0.2) is 65.6 Å². The second-order valence-electron chi connectivity index (χ2n) is 7.52. The van der Waals surface area contributed by atoms with Crippen LogP contribution >= 0.6 is 11.6 Å². The number of aryl methyl sites for hydroxylation is 1. The number of aromatic nitrogens is 2. The van der Waals surface area contributed by atoms with Crippen molar-refractivity contribution in [1.82, 2.24) is 9.38 Å². The molecule has 0 aliphatic heterocycles. The lowest BCUT2D eigenvalue weighted by molar-refractivity contribution is 0.261. The van der Waals surface area contributed by atoms with Crippen LogP contribution in [0.4, 0.5) is 16.2 Å². The first-order valence-electron chi connectivity index (χ1n) is 10.6. The molecule has 0 unspecified atom stereocenters. The van der Waals surface area contributed by atoms with Crippen molar-refractivity contribution in [3.05, 3.63) is 87.4 Å². The van der Waals surface area contributed by atoms with Crippen LogP contribution in [0.25, 0.3) is 5.65 Å². The van der Waals surface area contributed by atoms with Gasteiger partial charge < -0.3 is 24.8 Å². The minimum Gasteiger partial charge on any atom is -0.495 e. The number of fused-ring (bicyclic) bond motifs is 1. The maximum absolute atomic E-state index is 12.7. The number of nitrogens with zero attached hydrogens (tertiary/aromatic N) is 2. The third kappa shape index (κ3) is 5.30. The quantitative estimate of drug-likeness (QED) is 0.379. The number of carbonyl (C=O) groups excluding carboxylic acids is 1. The number of hydrogen-bond acceptors (Lipinski definition) is 6. The van der Waals surface area contributed by atoms with Gasteiger partial charge in [-0.25, -0.2) is 9.78 Å². The molecule has 9 nitrogen and oxygen atoms in total. The molecule has 0 bridgehead atoms. The molecule has 0 saturated heterocycles. The Labute approximate surface area is 206 Å². The number of urea groups is 1. The second kappa shape index (κ2) is 10.4. The molecule has 0 spiro atoms. The van der Waals surface area contributed by atoms with E-state index in [-0.39, 0.29) is 12.2 Å². The lowest BCUT2D eigenvalue weighted by atomic mass is 10.2. The van der Waals surface area contributed by atoms with Crippen molar-refractivity contribution >= 4 is 34.7 Å². The van der Waals surface area contributed by atoms with E-state index >= 15 is 0 Å². The Bertz CT molecular complexity index is 1450. The molecule has 0 radical (unpaired) electrons. The Balaban J connectivity index is 1.50. The molecule has 4 aromatic rings. The largest absolute Gasteiger partial charge is 0.495 e. The summed E-state index contributed by atoms with van der Waals surface area (Å²) in [6, 6.07) is 14.6. The number of methoxy groups -OCH3 is 2. The molecular formula is C25H23ClN4O5. The van der Waals surface area contributed by atoms with Crippen LogP contribution in [-0.4, -0.2) is 29.6 Å². The monoisotopic (exact) mass is 494 g/mol. The zero-order valence-corrected chi connectivity index (χ0v) is 20.1. The normalized spacial score (nSPS) is 10.6. The number of anilines is 2. The predicted molar refractivity (Wildman–Crippen MR) is 134 cm³/mol. The van der Waals surface area contributed by atoms with Crippen LogP contribution in [0.1, 0.15) is 11.3 Å². The number of carbonyl (C=O) groups is 1. The highest BCUT2D eigenvalue weighted by atomic mass is 35.5. The molecule has 2 aromatic carbocycles. The number of nitrogens with one attached hydrogen (secondary N) is 2. The van der Waals surface area contributed by atoms with E-state index in [1.807, 2.05) is 13.0 Å². The molecule has 0 saturated carbocycles. The average Bonchev–Trinajstić information content (AvgIpc) is 2.84. The van der Waals surface area contributed by atoms with Crippen molar-refractivity contribution in [3.8, 4) is 17.2 Å². The van der Waals surface area contributed by atoms with Crippen molar-refractivity contribution in [3.63, 3.8) is 0 Å². The molecule has 4 rings (SSSR count). The number of amides is 2. The Morgan fingerprint density at radius 2 is 1.71 bits per heavy atom. The van der Waals surface area contributed by atoms with Gasteiger partial charge in [-0.2, -0.15) is 0 Å². The molecule has 0 aliphatic rings. The van der Waals surface area contributed by atoms with Gasteiger partial charge >= 0.3 is 6.03 Å². The van der Waals surface area contributed by atoms with Gasteiger partial charge in [0, 0.05) is 18.3 Å². The van der Waals surface area contributed by atoms with Crippen molar-refractivity contribution < 1.29 is 19.0 Å². The van der Waals surface area contributed by atoms with Crippen LogP contribution in [0, 0.1) is 6.92 Å². The average molecular weight is 495 g/mol. The Morgan fingerprint density at radius 1 is 0.971 bits per heavy atom. The number of hydrogen-bond donors (Lipinski definition) is 2. The van der Waals surface area contributed by atoms with Crippen LogP contribution in [0.2, 0.25) is 5.02 Å². The molecule has 0 aliphatic carbocycles. The lowest BCUT2D eigenvalue weighted by Crippen LogP contribution is -2.20. The Kier molecular flexibility index (Phi) is 7.07. The maximum Gasteiger partial charge on any atom is 0.323 e. The molecule has 0 atom stereocenters.